The minimum Gasteiger partial charge on any atom is -0.462 e. The summed E-state index contributed by atoms with van der Waals surface area (Å²) in [4.78, 5) is 35.2. The van der Waals surface area contributed by atoms with Crippen LogP contribution in [0.25, 0.3) is 17.1 Å². The number of ketones is 1. The highest BCUT2D eigenvalue weighted by Gasteiger charge is 2.39. The quantitative estimate of drug-likeness (QED) is 0.373. The average molecular weight is 430 g/mol. The smallest absolute Gasteiger partial charge is 0.347 e. The molecule has 0 atom stereocenters. The molecule has 2 aliphatic heterocycles. The fraction of sp³-hybridized carbons (Fsp3) is 0.208. The molecule has 8 heteroatoms. The van der Waals surface area contributed by atoms with Gasteiger partial charge < -0.3 is 24.7 Å². The van der Waals surface area contributed by atoms with Gasteiger partial charge in [-0.05, 0) is 36.8 Å². The van der Waals surface area contributed by atoms with E-state index in [1.807, 2.05) is 41.3 Å². The predicted molar refractivity (Wildman–Crippen MR) is 119 cm³/mol. The Hall–Kier alpha value is -4.07. The van der Waals surface area contributed by atoms with Crippen LogP contribution in [0.2, 0.25) is 0 Å². The lowest BCUT2D eigenvalue weighted by atomic mass is 10.1. The molecule has 0 spiro atoms. The lowest BCUT2D eigenvalue weighted by Crippen LogP contribution is -2.28. The van der Waals surface area contributed by atoms with Gasteiger partial charge in [0.25, 0.3) is 0 Å². The fourth-order valence-corrected chi connectivity index (χ4v) is 3.97. The molecular weight excluding hydrogens is 408 g/mol. The first-order valence-electron chi connectivity index (χ1n) is 10.5. The molecule has 162 valence electrons. The first-order chi connectivity index (χ1) is 15.7. The van der Waals surface area contributed by atoms with Crippen LogP contribution in [0, 0.1) is 0 Å². The Balaban J connectivity index is 1.53. The number of nitrogens with one attached hydrogen (secondary N) is 2. The van der Waals surface area contributed by atoms with E-state index in [0.29, 0.717) is 25.3 Å². The third-order valence-corrected chi connectivity index (χ3v) is 5.48. The largest absolute Gasteiger partial charge is 0.462 e. The van der Waals surface area contributed by atoms with Crippen molar-refractivity contribution in [3.63, 3.8) is 0 Å². The molecule has 0 bridgehead atoms. The van der Waals surface area contributed by atoms with Crippen LogP contribution in [-0.2, 0) is 25.6 Å². The summed E-state index contributed by atoms with van der Waals surface area (Å²) in [6.07, 6.45) is 5.09. The standard InChI is InChI=1S/C24H22N4O4/c1-2-31-24(30)20-21(29)19(12-16-13-27-22-17(16)7-5-9-26-22)32-23(20)28-11-10-25-18-8-4-3-6-15(18)14-28/h3-9,12-13,25H,2,10-11,14H2,1H3,(H,26,27)/b19-12-. The highest BCUT2D eigenvalue weighted by atomic mass is 16.5. The first kappa shape index (κ1) is 19.9. The van der Waals surface area contributed by atoms with E-state index in [1.165, 1.54) is 0 Å². The van der Waals surface area contributed by atoms with Gasteiger partial charge in [0.05, 0.1) is 6.61 Å². The van der Waals surface area contributed by atoms with E-state index in [-0.39, 0.29) is 23.8 Å². The number of rotatable bonds is 4. The third kappa shape index (κ3) is 3.49. The highest BCUT2D eigenvalue weighted by Crippen LogP contribution is 2.33. The Kier molecular flexibility index (Phi) is 5.10. The summed E-state index contributed by atoms with van der Waals surface area (Å²) in [6, 6.07) is 11.7. The van der Waals surface area contributed by atoms with Crippen LogP contribution in [0.15, 0.2) is 66.0 Å². The van der Waals surface area contributed by atoms with E-state index in [2.05, 4.69) is 15.3 Å². The average Bonchev–Trinajstić information content (AvgIpc) is 3.27. The maximum absolute atomic E-state index is 13.2. The van der Waals surface area contributed by atoms with Crippen molar-refractivity contribution in [2.75, 3.05) is 25.0 Å². The number of esters is 1. The molecule has 2 N–H and O–H groups in total. The number of hydrogen-bond donors (Lipinski definition) is 2. The van der Waals surface area contributed by atoms with Gasteiger partial charge in [-0.25, -0.2) is 9.78 Å². The Morgan fingerprint density at radius 2 is 2.16 bits per heavy atom. The molecule has 0 aliphatic carbocycles. The van der Waals surface area contributed by atoms with Crippen molar-refractivity contribution in [2.45, 2.75) is 13.5 Å². The summed E-state index contributed by atoms with van der Waals surface area (Å²) >= 11 is 0. The number of aromatic amines is 1. The number of Topliss-reactive ketones (excluding diaryl/α,β-unsaturated/α-hetero) is 1. The van der Waals surface area contributed by atoms with Crippen LogP contribution in [0.3, 0.4) is 0 Å². The van der Waals surface area contributed by atoms with Crippen LogP contribution in [0.5, 0.6) is 0 Å². The topological polar surface area (TPSA) is 96.6 Å². The highest BCUT2D eigenvalue weighted by molar-refractivity contribution is 6.26. The SMILES string of the molecule is CCOC(=O)C1=C(N2CCNc3ccccc3C2)O/C(=C\c2c[nH]c3ncccc23)C1=O. The van der Waals surface area contributed by atoms with Gasteiger partial charge in [0.15, 0.2) is 11.3 Å². The van der Waals surface area contributed by atoms with Crippen molar-refractivity contribution in [3.05, 3.63) is 77.1 Å². The lowest BCUT2D eigenvalue weighted by molar-refractivity contribution is -0.139. The number of carbonyl (C=O) groups is 2. The molecule has 4 heterocycles. The number of carbonyl (C=O) groups excluding carboxylic acids is 2. The predicted octanol–water partition coefficient (Wildman–Crippen LogP) is 3.21. The van der Waals surface area contributed by atoms with Crippen molar-refractivity contribution in [2.24, 2.45) is 0 Å². The zero-order valence-electron chi connectivity index (χ0n) is 17.6. The summed E-state index contributed by atoms with van der Waals surface area (Å²) in [5, 5.41) is 4.24. The van der Waals surface area contributed by atoms with Gasteiger partial charge in [0.2, 0.25) is 11.7 Å². The van der Waals surface area contributed by atoms with Crippen LogP contribution in [-0.4, -0.2) is 46.3 Å². The molecular formula is C24H22N4O4. The van der Waals surface area contributed by atoms with Crippen LogP contribution < -0.4 is 5.32 Å². The zero-order valence-corrected chi connectivity index (χ0v) is 17.6. The van der Waals surface area contributed by atoms with Gasteiger partial charge in [0.1, 0.15) is 5.65 Å². The summed E-state index contributed by atoms with van der Waals surface area (Å²) in [6.45, 7) is 3.57. The molecule has 32 heavy (non-hydrogen) atoms. The Bertz CT molecular complexity index is 1270. The fourth-order valence-electron chi connectivity index (χ4n) is 3.97. The molecule has 0 radical (unpaired) electrons. The van der Waals surface area contributed by atoms with Crippen LogP contribution >= 0.6 is 0 Å². The Morgan fingerprint density at radius 1 is 1.28 bits per heavy atom. The molecule has 8 nitrogen and oxygen atoms in total. The molecule has 0 saturated heterocycles. The normalized spacial score (nSPS) is 17.2. The van der Waals surface area contributed by atoms with Crippen molar-refractivity contribution in [1.29, 1.82) is 0 Å². The number of pyridine rings is 1. The van der Waals surface area contributed by atoms with Gasteiger partial charge in [-0.2, -0.15) is 0 Å². The van der Waals surface area contributed by atoms with E-state index in [4.69, 9.17) is 9.47 Å². The summed E-state index contributed by atoms with van der Waals surface area (Å²) in [5.41, 5.74) is 3.47. The van der Waals surface area contributed by atoms with Gasteiger partial charge in [-0.3, -0.25) is 4.79 Å². The van der Waals surface area contributed by atoms with E-state index < -0.39 is 11.8 Å². The van der Waals surface area contributed by atoms with E-state index in [0.717, 1.165) is 22.2 Å². The Morgan fingerprint density at radius 3 is 3.03 bits per heavy atom. The second-order valence-electron chi connectivity index (χ2n) is 7.49. The number of ether oxygens (including phenoxy) is 2. The van der Waals surface area contributed by atoms with E-state index >= 15 is 0 Å². The lowest BCUT2D eigenvalue weighted by Gasteiger charge is -2.23. The first-order valence-corrected chi connectivity index (χ1v) is 10.5. The van der Waals surface area contributed by atoms with Gasteiger partial charge in [0, 0.05) is 48.7 Å². The molecule has 0 unspecified atom stereocenters. The Labute approximate surface area is 184 Å². The molecule has 0 fully saturated rings. The van der Waals surface area contributed by atoms with Crippen molar-refractivity contribution >= 4 is 34.5 Å². The molecule has 0 amide bonds. The van der Waals surface area contributed by atoms with Gasteiger partial charge in [-0.15, -0.1) is 0 Å². The van der Waals surface area contributed by atoms with E-state index in [9.17, 15) is 9.59 Å². The minimum atomic E-state index is -0.679. The maximum atomic E-state index is 13.2. The van der Waals surface area contributed by atoms with Gasteiger partial charge >= 0.3 is 5.97 Å². The zero-order chi connectivity index (χ0) is 22.1. The summed E-state index contributed by atoms with van der Waals surface area (Å²) in [7, 11) is 0. The van der Waals surface area contributed by atoms with Crippen molar-refractivity contribution in [1.82, 2.24) is 14.9 Å². The number of hydrogen-bond acceptors (Lipinski definition) is 7. The van der Waals surface area contributed by atoms with Crippen molar-refractivity contribution < 1.29 is 19.1 Å². The molecule has 5 rings (SSSR count). The number of nitrogens with zero attached hydrogens (tertiary/aromatic N) is 2. The summed E-state index contributed by atoms with van der Waals surface area (Å²) in [5.74, 6) is -0.848. The van der Waals surface area contributed by atoms with Crippen LogP contribution in [0.4, 0.5) is 5.69 Å². The molecule has 1 aromatic carbocycles. The number of aromatic nitrogens is 2. The molecule has 2 aromatic heterocycles. The second kappa shape index (κ2) is 8.22. The van der Waals surface area contributed by atoms with E-state index in [1.54, 1.807) is 25.4 Å². The minimum absolute atomic E-state index is 0.0737. The number of fused-ring (bicyclic) bond motifs is 2. The maximum Gasteiger partial charge on any atom is 0.347 e. The molecule has 0 saturated carbocycles. The number of para-hydroxylation sites is 1. The second-order valence-corrected chi connectivity index (χ2v) is 7.49. The van der Waals surface area contributed by atoms with Crippen LogP contribution in [0.1, 0.15) is 18.1 Å². The third-order valence-electron chi connectivity index (χ3n) is 5.48. The monoisotopic (exact) mass is 430 g/mol. The number of anilines is 1. The van der Waals surface area contributed by atoms with Crippen molar-refractivity contribution in [3.8, 4) is 0 Å². The number of benzene rings is 1. The number of H-pyrrole nitrogens is 1. The molecule has 3 aromatic rings. The molecule has 2 aliphatic rings. The van der Waals surface area contributed by atoms with Gasteiger partial charge in [-0.1, -0.05) is 18.2 Å². The summed E-state index contributed by atoms with van der Waals surface area (Å²) < 4.78 is 11.2. The number of allylic oxidation sites excluding steroid dienone is 1.